The molecule has 3 saturated carbocycles. The number of fused-ring (bicyclic) bond motifs is 2. The highest BCUT2D eigenvalue weighted by molar-refractivity contribution is 5.99. The average molecular weight is 604 g/mol. The second-order valence-electron chi connectivity index (χ2n) is 13.4. The molecule has 3 aromatic heterocycles. The fourth-order valence-electron chi connectivity index (χ4n) is 6.50. The van der Waals surface area contributed by atoms with E-state index in [0.717, 1.165) is 30.7 Å². The molecule has 0 radical (unpaired) electrons. The normalized spacial score (nSPS) is 19.4. The molecule has 226 valence electrons. The lowest BCUT2D eigenvalue weighted by molar-refractivity contribution is -0.0989. The lowest BCUT2D eigenvalue weighted by Crippen LogP contribution is -2.59. The summed E-state index contributed by atoms with van der Waals surface area (Å²) in [5.74, 6) is 0.759. The smallest absolute Gasteiger partial charge is 0.280 e. The number of benzene rings is 2. The van der Waals surface area contributed by atoms with Gasteiger partial charge in [-0.2, -0.15) is 10.5 Å². The van der Waals surface area contributed by atoms with Crippen molar-refractivity contribution in [3.8, 4) is 12.1 Å². The molecule has 0 aliphatic heterocycles. The van der Waals surface area contributed by atoms with Crippen LogP contribution in [0.3, 0.4) is 0 Å². The van der Waals surface area contributed by atoms with Crippen LogP contribution in [0.4, 0.5) is 20.2 Å². The molecule has 45 heavy (non-hydrogen) atoms. The van der Waals surface area contributed by atoms with E-state index in [1.54, 1.807) is 24.3 Å². The number of aromatic nitrogens is 5. The summed E-state index contributed by atoms with van der Waals surface area (Å²) in [5.41, 5.74) is 3.95. The summed E-state index contributed by atoms with van der Waals surface area (Å²) >= 11 is 0. The fourth-order valence-corrected chi connectivity index (χ4v) is 6.50. The average Bonchev–Trinajstić information content (AvgIpc) is 3.44. The monoisotopic (exact) mass is 603 g/mol. The topological polar surface area (TPSA) is 128 Å². The molecule has 0 amide bonds. The third kappa shape index (κ3) is 4.98. The van der Waals surface area contributed by atoms with Gasteiger partial charge >= 0.3 is 0 Å². The van der Waals surface area contributed by atoms with Crippen LogP contribution in [-0.4, -0.2) is 31.5 Å². The van der Waals surface area contributed by atoms with Gasteiger partial charge in [0.25, 0.3) is 6.43 Å². The van der Waals surface area contributed by atoms with Crippen molar-refractivity contribution in [2.45, 2.75) is 58.0 Å². The van der Waals surface area contributed by atoms with E-state index < -0.39 is 12.5 Å². The lowest BCUT2D eigenvalue weighted by Gasteiger charge is -2.61. The van der Waals surface area contributed by atoms with Gasteiger partial charge in [-0.15, -0.1) is 5.10 Å². The number of nitrogens with zero attached hydrogens (tertiary/aromatic N) is 7. The number of alkyl halides is 2. The molecule has 3 aliphatic rings. The third-order valence-electron chi connectivity index (χ3n) is 8.94. The molecular formula is C34H31F2N9. The second kappa shape index (κ2) is 10.5. The zero-order valence-corrected chi connectivity index (χ0v) is 25.1. The highest BCUT2D eigenvalue weighted by Crippen LogP contribution is 2.62. The Bertz CT molecular complexity index is 2030. The van der Waals surface area contributed by atoms with Gasteiger partial charge in [0, 0.05) is 29.2 Å². The zero-order chi connectivity index (χ0) is 31.5. The first-order chi connectivity index (χ1) is 21.6. The van der Waals surface area contributed by atoms with Crippen molar-refractivity contribution in [1.29, 1.82) is 10.5 Å². The van der Waals surface area contributed by atoms with Crippen LogP contribution in [0.2, 0.25) is 0 Å². The van der Waals surface area contributed by atoms with E-state index in [1.807, 2.05) is 23.0 Å². The molecule has 0 unspecified atom stereocenters. The van der Waals surface area contributed by atoms with E-state index in [-0.39, 0.29) is 16.6 Å². The molecular weight excluding hydrogens is 572 g/mol. The predicted molar refractivity (Wildman–Crippen MR) is 167 cm³/mol. The van der Waals surface area contributed by atoms with Gasteiger partial charge in [-0.05, 0) is 60.4 Å². The van der Waals surface area contributed by atoms with Crippen LogP contribution in [0.1, 0.15) is 80.6 Å². The Hall–Kier alpha value is -5.16. The van der Waals surface area contributed by atoms with Crippen LogP contribution in [0.25, 0.3) is 21.8 Å². The van der Waals surface area contributed by atoms with Crippen molar-refractivity contribution >= 4 is 33.2 Å². The summed E-state index contributed by atoms with van der Waals surface area (Å²) in [6.45, 7) is 6.88. The molecule has 11 heteroatoms. The second-order valence-corrected chi connectivity index (χ2v) is 13.4. The first-order valence-corrected chi connectivity index (χ1v) is 15.0. The molecule has 8 rings (SSSR count). The maximum atomic E-state index is 13.5. The van der Waals surface area contributed by atoms with Gasteiger partial charge in [0.2, 0.25) is 0 Å². The maximum absolute atomic E-state index is 13.5. The van der Waals surface area contributed by atoms with Gasteiger partial charge in [0.15, 0.2) is 0 Å². The number of hydrogen-bond acceptors (Lipinski definition) is 8. The summed E-state index contributed by atoms with van der Waals surface area (Å²) < 4.78 is 29.0. The summed E-state index contributed by atoms with van der Waals surface area (Å²) in [6, 6.07) is 16.0. The van der Waals surface area contributed by atoms with Crippen molar-refractivity contribution in [2.75, 3.05) is 17.2 Å². The van der Waals surface area contributed by atoms with Gasteiger partial charge in [0.05, 0.1) is 45.6 Å². The molecule has 3 aliphatic carbocycles. The summed E-state index contributed by atoms with van der Waals surface area (Å²) in [6.07, 6.45) is 4.05. The maximum Gasteiger partial charge on any atom is 0.280 e. The van der Waals surface area contributed by atoms with E-state index in [4.69, 9.17) is 0 Å². The highest BCUT2D eigenvalue weighted by atomic mass is 19.3. The van der Waals surface area contributed by atoms with Crippen molar-refractivity contribution in [3.63, 3.8) is 0 Å². The largest absolute Gasteiger partial charge is 0.383 e. The van der Waals surface area contributed by atoms with Gasteiger partial charge in [0.1, 0.15) is 23.5 Å². The van der Waals surface area contributed by atoms with Crippen molar-refractivity contribution in [3.05, 3.63) is 82.9 Å². The summed E-state index contributed by atoms with van der Waals surface area (Å²) in [5, 5.41) is 37.5. The third-order valence-corrected chi connectivity index (χ3v) is 8.94. The Labute approximate surface area is 258 Å². The van der Waals surface area contributed by atoms with Crippen molar-refractivity contribution < 1.29 is 8.78 Å². The number of anilines is 2. The van der Waals surface area contributed by atoms with Gasteiger partial charge in [-0.25, -0.2) is 18.4 Å². The van der Waals surface area contributed by atoms with Crippen molar-refractivity contribution in [2.24, 2.45) is 11.3 Å². The number of pyridine rings is 2. The molecule has 2 N–H and O–H groups in total. The zero-order valence-electron chi connectivity index (χ0n) is 25.1. The van der Waals surface area contributed by atoms with Gasteiger partial charge in [-0.1, -0.05) is 44.2 Å². The number of hydrogen-bond donors (Lipinski definition) is 2. The molecule has 2 aromatic carbocycles. The van der Waals surface area contributed by atoms with E-state index in [1.165, 1.54) is 12.3 Å². The summed E-state index contributed by atoms with van der Waals surface area (Å²) in [4.78, 5) is 8.69. The van der Waals surface area contributed by atoms with Crippen LogP contribution < -0.4 is 10.6 Å². The van der Waals surface area contributed by atoms with Gasteiger partial charge < -0.3 is 10.6 Å². The molecule has 2 bridgehead atoms. The van der Waals surface area contributed by atoms with Gasteiger partial charge in [-0.3, -0.25) is 4.98 Å². The van der Waals surface area contributed by atoms with Crippen LogP contribution in [-0.2, 0) is 5.54 Å². The van der Waals surface area contributed by atoms with Crippen molar-refractivity contribution in [1.82, 2.24) is 25.0 Å². The van der Waals surface area contributed by atoms with E-state index in [0.29, 0.717) is 56.5 Å². The number of nitriles is 2. The van der Waals surface area contributed by atoms with E-state index >= 15 is 0 Å². The van der Waals surface area contributed by atoms with Crippen LogP contribution in [0.15, 0.2) is 54.9 Å². The Morgan fingerprint density at radius 3 is 2.47 bits per heavy atom. The summed E-state index contributed by atoms with van der Waals surface area (Å²) in [7, 11) is 0. The number of nitrogens with one attached hydrogen (secondary N) is 2. The number of halogens is 2. The molecule has 3 heterocycles. The Kier molecular flexibility index (Phi) is 6.66. The van der Waals surface area contributed by atoms with E-state index in [2.05, 4.69) is 63.8 Å². The highest BCUT2D eigenvalue weighted by Gasteiger charge is 2.59. The predicted octanol–water partition coefficient (Wildman–Crippen LogP) is 7.22. The van der Waals surface area contributed by atoms with E-state index in [9.17, 15) is 19.3 Å². The minimum Gasteiger partial charge on any atom is -0.383 e. The van der Waals surface area contributed by atoms with Crippen LogP contribution in [0, 0.1) is 34.0 Å². The minimum atomic E-state index is -2.69. The Morgan fingerprint density at radius 2 is 1.80 bits per heavy atom. The SMILES string of the molecule is CC(C)(C)CNc1c(C#N)cnc2c(C#N)cc(N[C@H](c3cn(C45CC(C4)C5)nn3)c3cccc4nc(C(F)F)ccc34)cc12. The quantitative estimate of drug-likeness (QED) is 0.190. The lowest BCUT2D eigenvalue weighted by atomic mass is 9.50. The first kappa shape index (κ1) is 28.6. The minimum absolute atomic E-state index is 0.0247. The standard InChI is InChI=1S/C34H31F2N9/c1-33(2,3)18-40-30-21(15-38)16-39-29-20(14-37)9-22(10-25(29)30)41-31(28-17-45(44-43-28)34-11-19(12-34)13-34)24-5-4-6-26-23(24)7-8-27(42-26)32(35)36/h4-10,16-17,19,31-32,41H,11-13,18H2,1-3H3,(H,39,40)/t19?,31-,34?/m0/s1. The molecule has 0 saturated heterocycles. The molecule has 9 nitrogen and oxygen atoms in total. The molecule has 1 atom stereocenters. The van der Waals surface area contributed by atoms with Crippen LogP contribution in [0.5, 0.6) is 0 Å². The molecule has 3 fully saturated rings. The molecule has 5 aromatic rings. The molecule has 0 spiro atoms. The van der Waals surface area contributed by atoms with Crippen LogP contribution >= 0.6 is 0 Å². The Balaban J connectivity index is 1.37. The Morgan fingerprint density at radius 1 is 1.02 bits per heavy atom. The fraction of sp³-hybridized carbons (Fsp3) is 0.353. The first-order valence-electron chi connectivity index (χ1n) is 15.0. The number of rotatable bonds is 8.